The van der Waals surface area contributed by atoms with Gasteiger partial charge >= 0.3 is 5.97 Å². The number of hydrogen-bond acceptors (Lipinski definition) is 4. The Morgan fingerprint density at radius 3 is 2.68 bits per heavy atom. The summed E-state index contributed by atoms with van der Waals surface area (Å²) in [6.45, 7) is 5.95. The van der Waals surface area contributed by atoms with Crippen molar-refractivity contribution >= 4 is 23.2 Å². The molecule has 19 heavy (non-hydrogen) atoms. The molecular weight excluding hydrogens is 262 g/mol. The van der Waals surface area contributed by atoms with Crippen molar-refractivity contribution in [2.75, 3.05) is 13.2 Å². The van der Waals surface area contributed by atoms with Crippen LogP contribution in [0.25, 0.3) is 0 Å². The Balaban J connectivity index is 2.50. The molecule has 5 heteroatoms. The van der Waals surface area contributed by atoms with Crippen LogP contribution in [0.5, 0.6) is 0 Å². The molecule has 0 aliphatic carbocycles. The van der Waals surface area contributed by atoms with Crippen molar-refractivity contribution < 1.29 is 14.3 Å². The van der Waals surface area contributed by atoms with Crippen molar-refractivity contribution in [1.29, 1.82) is 0 Å². The average Bonchev–Trinajstić information content (AvgIpc) is 2.86. The number of rotatable bonds is 7. The molecule has 0 fully saturated rings. The first-order valence-corrected chi connectivity index (χ1v) is 7.40. The van der Waals surface area contributed by atoms with Gasteiger partial charge in [0.15, 0.2) is 0 Å². The minimum Gasteiger partial charge on any atom is -0.465 e. The molecule has 0 bridgehead atoms. The fourth-order valence-corrected chi connectivity index (χ4v) is 2.44. The van der Waals surface area contributed by atoms with Crippen LogP contribution in [0.3, 0.4) is 0 Å². The first-order valence-electron chi connectivity index (χ1n) is 6.52. The highest BCUT2D eigenvalue weighted by atomic mass is 32.1. The summed E-state index contributed by atoms with van der Waals surface area (Å²) in [5, 5.41) is 2.00. The van der Waals surface area contributed by atoms with Crippen molar-refractivity contribution in [3.05, 3.63) is 22.4 Å². The van der Waals surface area contributed by atoms with Gasteiger partial charge in [-0.05, 0) is 38.6 Å². The number of ether oxygens (including phenoxy) is 1. The molecule has 1 rings (SSSR count). The van der Waals surface area contributed by atoms with Crippen molar-refractivity contribution in [1.82, 2.24) is 4.90 Å². The number of thiophene rings is 1. The van der Waals surface area contributed by atoms with Gasteiger partial charge in [-0.3, -0.25) is 9.59 Å². The summed E-state index contributed by atoms with van der Waals surface area (Å²) in [6, 6.07) is 3.99. The number of nitrogens with zero attached hydrogens (tertiary/aromatic N) is 1. The van der Waals surface area contributed by atoms with Crippen LogP contribution in [-0.4, -0.2) is 36.0 Å². The van der Waals surface area contributed by atoms with Gasteiger partial charge in [0.1, 0.15) is 6.54 Å². The Bertz CT molecular complexity index is 401. The maximum atomic E-state index is 12.1. The van der Waals surface area contributed by atoms with Gasteiger partial charge in [-0.1, -0.05) is 6.07 Å². The lowest BCUT2D eigenvalue weighted by Crippen LogP contribution is -2.41. The van der Waals surface area contributed by atoms with Gasteiger partial charge in [0.25, 0.3) is 0 Å². The van der Waals surface area contributed by atoms with Crippen LogP contribution in [0.15, 0.2) is 17.5 Å². The molecule has 0 radical (unpaired) electrons. The summed E-state index contributed by atoms with van der Waals surface area (Å²) >= 11 is 1.64. The standard InChI is InChI=1S/C14H21NO3S/c1-4-18-14(17)10-15(11(2)3)13(16)8-7-12-6-5-9-19-12/h5-6,9,11H,4,7-8,10H2,1-3H3. The zero-order valence-corrected chi connectivity index (χ0v) is 12.5. The smallest absolute Gasteiger partial charge is 0.325 e. The third-order valence-corrected chi connectivity index (χ3v) is 3.65. The number of hydrogen-bond donors (Lipinski definition) is 0. The summed E-state index contributed by atoms with van der Waals surface area (Å²) < 4.78 is 4.89. The lowest BCUT2D eigenvalue weighted by molar-refractivity contribution is -0.150. The molecular formula is C14H21NO3S. The molecule has 0 aliphatic heterocycles. The highest BCUT2D eigenvalue weighted by Gasteiger charge is 2.20. The molecule has 0 aliphatic rings. The molecule has 1 amide bonds. The molecule has 0 N–H and O–H groups in total. The van der Waals surface area contributed by atoms with E-state index in [1.165, 1.54) is 4.88 Å². The van der Waals surface area contributed by atoms with Crippen molar-refractivity contribution in [2.24, 2.45) is 0 Å². The molecule has 106 valence electrons. The molecule has 0 aromatic carbocycles. The molecule has 0 saturated carbocycles. The van der Waals surface area contributed by atoms with E-state index in [1.807, 2.05) is 31.4 Å². The highest BCUT2D eigenvalue weighted by molar-refractivity contribution is 7.09. The van der Waals surface area contributed by atoms with E-state index in [-0.39, 0.29) is 24.5 Å². The number of aryl methyl sites for hydroxylation is 1. The second-order valence-electron chi connectivity index (χ2n) is 4.50. The van der Waals surface area contributed by atoms with Crippen LogP contribution in [-0.2, 0) is 20.7 Å². The third kappa shape index (κ3) is 5.42. The summed E-state index contributed by atoms with van der Waals surface area (Å²) in [7, 11) is 0. The fourth-order valence-electron chi connectivity index (χ4n) is 1.73. The fraction of sp³-hybridized carbons (Fsp3) is 0.571. The number of esters is 1. The van der Waals surface area contributed by atoms with Crippen LogP contribution >= 0.6 is 11.3 Å². The normalized spacial score (nSPS) is 10.5. The van der Waals surface area contributed by atoms with Crippen molar-refractivity contribution in [3.8, 4) is 0 Å². The predicted molar refractivity (Wildman–Crippen MR) is 76.1 cm³/mol. The van der Waals surface area contributed by atoms with Crippen molar-refractivity contribution in [2.45, 2.75) is 39.7 Å². The van der Waals surface area contributed by atoms with Crippen molar-refractivity contribution in [3.63, 3.8) is 0 Å². The largest absolute Gasteiger partial charge is 0.465 e. The summed E-state index contributed by atoms with van der Waals surface area (Å²) in [4.78, 5) is 26.4. The Hall–Kier alpha value is -1.36. The van der Waals surface area contributed by atoms with E-state index in [1.54, 1.807) is 23.2 Å². The summed E-state index contributed by atoms with van der Waals surface area (Å²) in [5.41, 5.74) is 0. The van der Waals surface area contributed by atoms with Crippen LogP contribution in [0.2, 0.25) is 0 Å². The number of carbonyl (C=O) groups is 2. The zero-order chi connectivity index (χ0) is 14.3. The summed E-state index contributed by atoms with van der Waals surface area (Å²) in [6.07, 6.45) is 1.15. The van der Waals surface area contributed by atoms with E-state index >= 15 is 0 Å². The first-order chi connectivity index (χ1) is 9.04. The van der Waals surface area contributed by atoms with Gasteiger partial charge in [0.05, 0.1) is 6.61 Å². The van der Waals surface area contributed by atoms with E-state index < -0.39 is 0 Å². The Morgan fingerprint density at radius 1 is 1.42 bits per heavy atom. The SMILES string of the molecule is CCOC(=O)CN(C(=O)CCc1cccs1)C(C)C. The van der Waals surface area contributed by atoms with E-state index in [0.29, 0.717) is 13.0 Å². The predicted octanol–water partition coefficient (Wildman–Crippen LogP) is 2.48. The van der Waals surface area contributed by atoms with Crippen LogP contribution in [0.1, 0.15) is 32.1 Å². The number of carbonyl (C=O) groups excluding carboxylic acids is 2. The molecule has 0 spiro atoms. The van der Waals surface area contributed by atoms with Gasteiger partial charge in [0, 0.05) is 17.3 Å². The van der Waals surface area contributed by atoms with E-state index in [0.717, 1.165) is 6.42 Å². The molecule has 4 nitrogen and oxygen atoms in total. The Kier molecular flexibility index (Phi) is 6.56. The average molecular weight is 283 g/mol. The third-order valence-electron chi connectivity index (χ3n) is 2.71. The minimum absolute atomic E-state index is 0.000224. The first kappa shape index (κ1) is 15.7. The topological polar surface area (TPSA) is 46.6 Å². The van der Waals surface area contributed by atoms with Gasteiger partial charge in [-0.2, -0.15) is 0 Å². The van der Waals surface area contributed by atoms with Gasteiger partial charge in [-0.15, -0.1) is 11.3 Å². The lowest BCUT2D eigenvalue weighted by Gasteiger charge is -2.25. The Labute approximate surface area is 118 Å². The maximum Gasteiger partial charge on any atom is 0.325 e. The molecule has 0 atom stereocenters. The van der Waals surface area contributed by atoms with Gasteiger partial charge in [0.2, 0.25) is 5.91 Å². The quantitative estimate of drug-likeness (QED) is 0.722. The molecule has 0 unspecified atom stereocenters. The van der Waals surface area contributed by atoms with E-state index in [9.17, 15) is 9.59 Å². The molecule has 0 saturated heterocycles. The number of amides is 1. The lowest BCUT2D eigenvalue weighted by atomic mass is 10.2. The van der Waals surface area contributed by atoms with Crippen LogP contribution in [0, 0.1) is 0 Å². The highest BCUT2D eigenvalue weighted by Crippen LogP contribution is 2.12. The van der Waals surface area contributed by atoms with E-state index in [4.69, 9.17) is 4.74 Å². The molecule has 1 aromatic heterocycles. The van der Waals surface area contributed by atoms with Crippen LogP contribution in [0.4, 0.5) is 0 Å². The van der Waals surface area contributed by atoms with Gasteiger partial charge in [-0.25, -0.2) is 0 Å². The minimum atomic E-state index is -0.347. The molecule has 1 heterocycles. The second kappa shape index (κ2) is 7.94. The van der Waals surface area contributed by atoms with E-state index in [2.05, 4.69) is 0 Å². The monoisotopic (exact) mass is 283 g/mol. The summed E-state index contributed by atoms with van der Waals surface area (Å²) in [5.74, 6) is -0.350. The van der Waals surface area contributed by atoms with Crippen LogP contribution < -0.4 is 0 Å². The maximum absolute atomic E-state index is 12.1. The zero-order valence-electron chi connectivity index (χ0n) is 11.7. The Morgan fingerprint density at radius 2 is 2.16 bits per heavy atom. The second-order valence-corrected chi connectivity index (χ2v) is 5.53. The van der Waals surface area contributed by atoms with Gasteiger partial charge < -0.3 is 9.64 Å². The molecule has 1 aromatic rings.